The third kappa shape index (κ3) is 4.39. The molecule has 1 aromatic rings. The molecule has 0 spiro atoms. The Labute approximate surface area is 108 Å². The van der Waals surface area contributed by atoms with E-state index in [1.165, 1.54) is 11.6 Å². The van der Waals surface area contributed by atoms with Crippen LogP contribution in [-0.4, -0.2) is 42.2 Å². The molecule has 1 amide bonds. The second-order valence-electron chi connectivity index (χ2n) is 2.99. The van der Waals surface area contributed by atoms with Crippen LogP contribution in [0.2, 0.25) is 0 Å². The molecule has 19 heavy (non-hydrogen) atoms. The molecule has 0 saturated carbocycles. The van der Waals surface area contributed by atoms with Crippen molar-refractivity contribution in [2.24, 2.45) is 0 Å². The fraction of sp³-hybridized carbons (Fsp3) is 0.250. The van der Waals surface area contributed by atoms with E-state index in [0.717, 1.165) is 12.4 Å². The van der Waals surface area contributed by atoms with Gasteiger partial charge in [-0.3, -0.25) is 0 Å². The highest BCUT2D eigenvalue weighted by atomic mass is 32.2. The maximum absolute atomic E-state index is 11.5. The van der Waals surface area contributed by atoms with Crippen LogP contribution in [0, 0.1) is 0 Å². The van der Waals surface area contributed by atoms with E-state index < -0.39 is 33.8 Å². The van der Waals surface area contributed by atoms with Crippen LogP contribution < -0.4 is 9.44 Å². The standard InChI is InChI=1S/C8H10N4O6S/c1-2-18-8(15)12-19(16,17)11-6-5(7(13)14)9-3-4-10-6/h3-4H,2H2,1H3,(H,10,11)(H,12,15)(H,13,14). The van der Waals surface area contributed by atoms with Crippen molar-refractivity contribution in [3.8, 4) is 0 Å². The molecule has 0 radical (unpaired) electrons. The topological polar surface area (TPSA) is 148 Å². The van der Waals surface area contributed by atoms with Crippen molar-refractivity contribution in [1.82, 2.24) is 14.7 Å². The highest BCUT2D eigenvalue weighted by Crippen LogP contribution is 2.09. The van der Waals surface area contributed by atoms with E-state index in [9.17, 15) is 18.0 Å². The summed E-state index contributed by atoms with van der Waals surface area (Å²) in [6.45, 7) is 1.47. The average molecular weight is 290 g/mol. The minimum absolute atomic E-state index is 0.0210. The number of aromatic nitrogens is 2. The zero-order valence-corrected chi connectivity index (χ0v) is 10.5. The first-order chi connectivity index (χ1) is 8.85. The van der Waals surface area contributed by atoms with Gasteiger partial charge in [-0.15, -0.1) is 0 Å². The molecule has 0 aliphatic rings. The van der Waals surface area contributed by atoms with E-state index in [-0.39, 0.29) is 6.61 Å². The molecule has 0 aliphatic heterocycles. The lowest BCUT2D eigenvalue weighted by atomic mass is 10.4. The van der Waals surface area contributed by atoms with Gasteiger partial charge in [0.05, 0.1) is 6.61 Å². The summed E-state index contributed by atoms with van der Waals surface area (Å²) in [5.74, 6) is -1.99. The Morgan fingerprint density at radius 2 is 2.00 bits per heavy atom. The lowest BCUT2D eigenvalue weighted by molar-refractivity contribution is 0.0691. The van der Waals surface area contributed by atoms with Crippen LogP contribution >= 0.6 is 0 Å². The molecule has 0 bridgehead atoms. The Bertz CT molecular complexity index is 587. The maximum Gasteiger partial charge on any atom is 0.422 e. The molecule has 3 N–H and O–H groups in total. The van der Waals surface area contributed by atoms with Gasteiger partial charge in [-0.2, -0.15) is 8.42 Å². The number of aromatic carboxylic acids is 1. The van der Waals surface area contributed by atoms with E-state index in [2.05, 4.69) is 14.7 Å². The molecule has 0 fully saturated rings. The van der Waals surface area contributed by atoms with Crippen LogP contribution in [0.3, 0.4) is 0 Å². The number of carbonyl (C=O) groups is 2. The van der Waals surface area contributed by atoms with Gasteiger partial charge in [0.25, 0.3) is 0 Å². The Balaban J connectivity index is 2.90. The van der Waals surface area contributed by atoms with Gasteiger partial charge in [-0.25, -0.2) is 29.0 Å². The van der Waals surface area contributed by atoms with Crippen molar-refractivity contribution in [3.63, 3.8) is 0 Å². The van der Waals surface area contributed by atoms with Crippen molar-refractivity contribution in [3.05, 3.63) is 18.1 Å². The normalized spacial score (nSPS) is 10.6. The van der Waals surface area contributed by atoms with Crippen LogP contribution in [0.25, 0.3) is 0 Å². The maximum atomic E-state index is 11.5. The first-order valence-corrected chi connectivity index (χ1v) is 6.35. The zero-order chi connectivity index (χ0) is 14.5. The Morgan fingerprint density at radius 1 is 1.37 bits per heavy atom. The Morgan fingerprint density at radius 3 is 2.58 bits per heavy atom. The first-order valence-electron chi connectivity index (χ1n) is 4.87. The fourth-order valence-corrected chi connectivity index (χ4v) is 1.73. The van der Waals surface area contributed by atoms with E-state index in [0.29, 0.717) is 0 Å². The number of carbonyl (C=O) groups excluding carboxylic acids is 1. The average Bonchev–Trinajstić information content (AvgIpc) is 2.28. The van der Waals surface area contributed by atoms with Gasteiger partial charge in [-0.05, 0) is 6.92 Å². The molecule has 1 aromatic heterocycles. The number of ether oxygens (including phenoxy) is 1. The van der Waals surface area contributed by atoms with Crippen molar-refractivity contribution >= 4 is 28.1 Å². The second kappa shape index (κ2) is 5.95. The summed E-state index contributed by atoms with van der Waals surface area (Å²) in [7, 11) is -4.35. The number of hydrogen-bond donors (Lipinski definition) is 3. The van der Waals surface area contributed by atoms with Crippen molar-refractivity contribution in [2.45, 2.75) is 6.92 Å². The van der Waals surface area contributed by atoms with Gasteiger partial charge >= 0.3 is 22.3 Å². The quantitative estimate of drug-likeness (QED) is 0.662. The van der Waals surface area contributed by atoms with Gasteiger partial charge < -0.3 is 9.84 Å². The molecule has 10 nitrogen and oxygen atoms in total. The van der Waals surface area contributed by atoms with E-state index in [4.69, 9.17) is 5.11 Å². The number of rotatable bonds is 5. The summed E-state index contributed by atoms with van der Waals surface area (Å²) in [4.78, 5) is 28.7. The van der Waals surface area contributed by atoms with Gasteiger partial charge in [0, 0.05) is 12.4 Å². The molecule has 11 heteroatoms. The molecular weight excluding hydrogens is 280 g/mol. The fourth-order valence-electron chi connectivity index (χ4n) is 0.992. The summed E-state index contributed by atoms with van der Waals surface area (Å²) in [5.41, 5.74) is -0.600. The SMILES string of the molecule is CCOC(=O)NS(=O)(=O)Nc1nccnc1C(=O)O. The van der Waals surface area contributed by atoms with Crippen molar-refractivity contribution in [1.29, 1.82) is 0 Å². The first kappa shape index (κ1) is 14.6. The smallest absolute Gasteiger partial charge is 0.422 e. The molecule has 0 aliphatic carbocycles. The Kier molecular flexibility index (Phi) is 4.58. The van der Waals surface area contributed by atoms with Crippen LogP contribution in [0.1, 0.15) is 17.4 Å². The number of carboxylic acid groups (broad SMARTS) is 1. The molecular formula is C8H10N4O6S. The lowest BCUT2D eigenvalue weighted by Crippen LogP contribution is -2.36. The molecule has 1 rings (SSSR count). The van der Waals surface area contributed by atoms with Gasteiger partial charge in [-0.1, -0.05) is 0 Å². The van der Waals surface area contributed by atoms with Crippen LogP contribution in [0.15, 0.2) is 12.4 Å². The van der Waals surface area contributed by atoms with Crippen LogP contribution in [0.4, 0.5) is 10.6 Å². The summed E-state index contributed by atoms with van der Waals surface area (Å²) >= 11 is 0. The third-order valence-corrected chi connectivity index (χ3v) is 2.52. The molecule has 104 valence electrons. The van der Waals surface area contributed by atoms with Gasteiger partial charge in [0.1, 0.15) is 0 Å². The second-order valence-corrected chi connectivity index (χ2v) is 4.40. The lowest BCUT2D eigenvalue weighted by Gasteiger charge is -2.09. The van der Waals surface area contributed by atoms with Crippen molar-refractivity contribution in [2.75, 3.05) is 11.3 Å². The summed E-state index contributed by atoms with van der Waals surface area (Å²) in [6.07, 6.45) is 0.977. The third-order valence-electron chi connectivity index (χ3n) is 1.62. The summed E-state index contributed by atoms with van der Waals surface area (Å²) in [6, 6.07) is 0. The minimum Gasteiger partial charge on any atom is -0.476 e. The number of hydrogen-bond acceptors (Lipinski definition) is 7. The number of anilines is 1. The Hall–Kier alpha value is -2.43. The summed E-state index contributed by atoms with van der Waals surface area (Å²) < 4.78 is 30.6. The number of carboxylic acids is 1. The predicted octanol–water partition coefficient (Wildman–Crippen LogP) is -0.422. The minimum atomic E-state index is -4.35. The van der Waals surface area contributed by atoms with Gasteiger partial charge in [0.15, 0.2) is 11.5 Å². The number of nitrogens with one attached hydrogen (secondary N) is 2. The van der Waals surface area contributed by atoms with Crippen LogP contribution in [-0.2, 0) is 14.9 Å². The molecule has 1 heterocycles. The molecule has 0 aromatic carbocycles. The molecule has 0 atom stereocenters. The van der Waals surface area contributed by atoms with Gasteiger partial charge in [0.2, 0.25) is 0 Å². The highest BCUT2D eigenvalue weighted by Gasteiger charge is 2.20. The predicted molar refractivity (Wildman–Crippen MR) is 61.7 cm³/mol. The molecule has 0 unspecified atom stereocenters. The summed E-state index contributed by atoms with van der Waals surface area (Å²) in [5, 5.41) is 8.78. The zero-order valence-electron chi connectivity index (χ0n) is 9.65. The monoisotopic (exact) mass is 290 g/mol. The van der Waals surface area contributed by atoms with Crippen molar-refractivity contribution < 1.29 is 27.9 Å². The van der Waals surface area contributed by atoms with E-state index >= 15 is 0 Å². The largest absolute Gasteiger partial charge is 0.476 e. The van der Waals surface area contributed by atoms with E-state index in [1.54, 1.807) is 4.72 Å². The van der Waals surface area contributed by atoms with Crippen LogP contribution in [0.5, 0.6) is 0 Å². The molecule has 0 saturated heterocycles. The number of nitrogens with zero attached hydrogens (tertiary/aromatic N) is 2. The highest BCUT2D eigenvalue weighted by molar-refractivity contribution is 7.91. The van der Waals surface area contributed by atoms with E-state index in [1.807, 2.05) is 0 Å². The number of amides is 1.